The number of carbonyl (C=O) groups is 3. The molecule has 5 rings (SSSR count). The molecule has 0 N–H and O–H groups in total. The molecule has 0 aromatic heterocycles. The van der Waals surface area contributed by atoms with Crippen molar-refractivity contribution >= 4 is 39.9 Å². The quantitative estimate of drug-likeness (QED) is 0.149. The number of rotatable bonds is 4. The van der Waals surface area contributed by atoms with Gasteiger partial charge in [-0.1, -0.05) is 36.4 Å². The van der Waals surface area contributed by atoms with E-state index in [0.29, 0.717) is 5.69 Å². The second-order valence-corrected chi connectivity index (χ2v) is 7.34. The summed E-state index contributed by atoms with van der Waals surface area (Å²) in [5, 5.41) is 12.4. The average Bonchev–Trinajstić information content (AvgIpc) is 3.08. The third-order valence-electron chi connectivity index (χ3n) is 5.39. The molecule has 33 heavy (non-hydrogen) atoms. The lowest BCUT2D eigenvalue weighted by Crippen LogP contribution is -2.29. The molecule has 0 spiro atoms. The number of ether oxygens (including phenoxy) is 1. The highest BCUT2D eigenvalue weighted by atomic mass is 16.6. The van der Waals surface area contributed by atoms with E-state index in [1.165, 1.54) is 42.5 Å². The SMILES string of the molecule is O=C(Oc1ccc([N+](=O)[O-])cc1)c1ccc2c(c1)C(=O)N(c1cccc3ccccc13)C2=O. The number of imide groups is 1. The van der Waals surface area contributed by atoms with Crippen LogP contribution in [0.1, 0.15) is 31.1 Å². The Morgan fingerprint density at radius 2 is 1.52 bits per heavy atom. The Hall–Kier alpha value is -4.85. The van der Waals surface area contributed by atoms with Gasteiger partial charge >= 0.3 is 5.97 Å². The van der Waals surface area contributed by atoms with Crippen molar-refractivity contribution in [3.05, 3.63) is 112 Å². The van der Waals surface area contributed by atoms with Crippen LogP contribution in [0.4, 0.5) is 11.4 Å². The summed E-state index contributed by atoms with van der Waals surface area (Å²) < 4.78 is 5.25. The van der Waals surface area contributed by atoms with Gasteiger partial charge in [-0.2, -0.15) is 0 Å². The molecule has 0 saturated heterocycles. The van der Waals surface area contributed by atoms with Gasteiger partial charge in [-0.05, 0) is 41.8 Å². The number of anilines is 1. The Balaban J connectivity index is 1.45. The highest BCUT2D eigenvalue weighted by molar-refractivity contribution is 6.36. The molecule has 0 saturated carbocycles. The highest BCUT2D eigenvalue weighted by Gasteiger charge is 2.38. The number of non-ortho nitro benzene ring substituents is 1. The van der Waals surface area contributed by atoms with Crippen molar-refractivity contribution in [3.63, 3.8) is 0 Å². The zero-order valence-corrected chi connectivity index (χ0v) is 16.9. The minimum absolute atomic E-state index is 0.0769. The molecule has 0 aliphatic carbocycles. The van der Waals surface area contributed by atoms with E-state index in [1.54, 1.807) is 12.1 Å². The molecule has 1 aliphatic heterocycles. The van der Waals surface area contributed by atoms with Crippen LogP contribution in [0, 0.1) is 10.1 Å². The zero-order chi connectivity index (χ0) is 23.1. The number of hydrogen-bond donors (Lipinski definition) is 0. The number of fused-ring (bicyclic) bond motifs is 2. The van der Waals surface area contributed by atoms with Crippen LogP contribution in [0.2, 0.25) is 0 Å². The summed E-state index contributed by atoms with van der Waals surface area (Å²) in [4.78, 5) is 50.1. The molecule has 0 atom stereocenters. The van der Waals surface area contributed by atoms with Gasteiger partial charge in [-0.25, -0.2) is 9.69 Å². The second kappa shape index (κ2) is 7.69. The molecule has 8 heteroatoms. The van der Waals surface area contributed by atoms with Gasteiger partial charge in [0.2, 0.25) is 0 Å². The first-order chi connectivity index (χ1) is 15.9. The molecule has 4 aromatic carbocycles. The van der Waals surface area contributed by atoms with Gasteiger partial charge in [0.15, 0.2) is 0 Å². The molecule has 2 amide bonds. The van der Waals surface area contributed by atoms with E-state index < -0.39 is 22.7 Å². The molecule has 0 bridgehead atoms. The summed E-state index contributed by atoms with van der Waals surface area (Å²) in [5.41, 5.74) is 0.707. The van der Waals surface area contributed by atoms with E-state index in [1.807, 2.05) is 30.3 Å². The Kier molecular flexibility index (Phi) is 4.68. The molecule has 1 aliphatic rings. The van der Waals surface area contributed by atoms with Crippen LogP contribution in [-0.2, 0) is 0 Å². The molecule has 0 radical (unpaired) electrons. The van der Waals surface area contributed by atoms with Crippen molar-refractivity contribution in [3.8, 4) is 5.75 Å². The molecule has 160 valence electrons. The summed E-state index contributed by atoms with van der Waals surface area (Å²) in [6.07, 6.45) is 0. The van der Waals surface area contributed by atoms with Crippen LogP contribution in [0.3, 0.4) is 0 Å². The predicted octanol–water partition coefficient (Wildman–Crippen LogP) is 4.77. The largest absolute Gasteiger partial charge is 0.423 e. The van der Waals surface area contributed by atoms with Crippen LogP contribution in [0.15, 0.2) is 84.9 Å². The Bertz CT molecular complexity index is 1470. The van der Waals surface area contributed by atoms with Crippen molar-refractivity contribution in [1.29, 1.82) is 0 Å². The number of benzene rings is 4. The predicted molar refractivity (Wildman–Crippen MR) is 120 cm³/mol. The van der Waals surface area contributed by atoms with Gasteiger partial charge in [-0.3, -0.25) is 19.7 Å². The molecule has 0 unspecified atom stereocenters. The lowest BCUT2D eigenvalue weighted by atomic mass is 10.1. The Morgan fingerprint density at radius 3 is 2.27 bits per heavy atom. The first-order valence-corrected chi connectivity index (χ1v) is 9.91. The number of nitro benzene ring substituents is 1. The van der Waals surface area contributed by atoms with Crippen molar-refractivity contribution in [1.82, 2.24) is 0 Å². The number of nitro groups is 1. The first kappa shape index (κ1) is 20.1. The number of carbonyl (C=O) groups excluding carboxylic acids is 3. The number of esters is 1. The molecule has 1 heterocycles. The van der Waals surface area contributed by atoms with Crippen LogP contribution in [0.25, 0.3) is 10.8 Å². The first-order valence-electron chi connectivity index (χ1n) is 9.91. The minimum atomic E-state index is -0.754. The standard InChI is InChI=1S/C25H14N2O6/c28-23-20-13-8-16(25(30)33-18-11-9-17(10-12-18)27(31)32)14-21(20)24(29)26(23)22-7-3-5-15-4-1-2-6-19(15)22/h1-14H. The average molecular weight is 438 g/mol. The monoisotopic (exact) mass is 438 g/mol. The molecule has 8 nitrogen and oxygen atoms in total. The summed E-state index contributed by atoms with van der Waals surface area (Å²) in [6, 6.07) is 22.0. The fourth-order valence-electron chi connectivity index (χ4n) is 3.79. The minimum Gasteiger partial charge on any atom is -0.423 e. The lowest BCUT2D eigenvalue weighted by molar-refractivity contribution is -0.384. The van der Waals surface area contributed by atoms with E-state index >= 15 is 0 Å². The maximum Gasteiger partial charge on any atom is 0.343 e. The number of amides is 2. The van der Waals surface area contributed by atoms with E-state index in [2.05, 4.69) is 0 Å². The molecular weight excluding hydrogens is 424 g/mol. The van der Waals surface area contributed by atoms with Crippen LogP contribution >= 0.6 is 0 Å². The van der Waals surface area contributed by atoms with Gasteiger partial charge in [0, 0.05) is 17.5 Å². The molecular formula is C25H14N2O6. The van der Waals surface area contributed by atoms with Crippen molar-refractivity contribution in [2.45, 2.75) is 0 Å². The van der Waals surface area contributed by atoms with Crippen molar-refractivity contribution < 1.29 is 24.0 Å². The second-order valence-electron chi connectivity index (χ2n) is 7.34. The van der Waals surface area contributed by atoms with Gasteiger partial charge in [-0.15, -0.1) is 0 Å². The maximum absolute atomic E-state index is 13.2. The maximum atomic E-state index is 13.2. The Labute approximate surface area is 186 Å². The third kappa shape index (κ3) is 3.39. The fraction of sp³-hybridized carbons (Fsp3) is 0. The molecule has 4 aromatic rings. The van der Waals surface area contributed by atoms with Gasteiger partial charge in [0.1, 0.15) is 5.75 Å². The van der Waals surface area contributed by atoms with Gasteiger partial charge < -0.3 is 4.74 Å². The lowest BCUT2D eigenvalue weighted by Gasteiger charge is -2.16. The third-order valence-corrected chi connectivity index (χ3v) is 5.39. The van der Waals surface area contributed by atoms with E-state index in [4.69, 9.17) is 4.74 Å². The van der Waals surface area contributed by atoms with E-state index in [-0.39, 0.29) is 28.1 Å². The summed E-state index contributed by atoms with van der Waals surface area (Å²) in [5.74, 6) is -1.64. The number of hydrogen-bond acceptors (Lipinski definition) is 6. The topological polar surface area (TPSA) is 107 Å². The van der Waals surface area contributed by atoms with Crippen molar-refractivity contribution in [2.75, 3.05) is 4.90 Å². The normalized spacial score (nSPS) is 12.7. The van der Waals surface area contributed by atoms with Crippen LogP contribution in [0.5, 0.6) is 5.75 Å². The fourth-order valence-corrected chi connectivity index (χ4v) is 3.79. The van der Waals surface area contributed by atoms with Crippen LogP contribution < -0.4 is 9.64 Å². The Morgan fingerprint density at radius 1 is 0.818 bits per heavy atom. The zero-order valence-electron chi connectivity index (χ0n) is 16.9. The molecule has 0 fully saturated rings. The van der Waals surface area contributed by atoms with Gasteiger partial charge in [0.05, 0.1) is 27.3 Å². The summed E-state index contributed by atoms with van der Waals surface area (Å²) in [6.45, 7) is 0. The summed E-state index contributed by atoms with van der Waals surface area (Å²) >= 11 is 0. The van der Waals surface area contributed by atoms with E-state index in [0.717, 1.165) is 15.7 Å². The number of nitrogens with zero attached hydrogens (tertiary/aromatic N) is 2. The van der Waals surface area contributed by atoms with Crippen molar-refractivity contribution in [2.24, 2.45) is 0 Å². The smallest absolute Gasteiger partial charge is 0.343 e. The van der Waals surface area contributed by atoms with Crippen LogP contribution in [-0.4, -0.2) is 22.7 Å². The summed E-state index contributed by atoms with van der Waals surface area (Å²) in [7, 11) is 0. The van der Waals surface area contributed by atoms with Gasteiger partial charge in [0.25, 0.3) is 17.5 Å². The highest BCUT2D eigenvalue weighted by Crippen LogP contribution is 2.34. The van der Waals surface area contributed by atoms with E-state index in [9.17, 15) is 24.5 Å².